The van der Waals surface area contributed by atoms with E-state index in [0.29, 0.717) is 17.8 Å². The summed E-state index contributed by atoms with van der Waals surface area (Å²) in [6.45, 7) is 2.38. The molecule has 26 heavy (non-hydrogen) atoms. The van der Waals surface area contributed by atoms with E-state index in [1.807, 2.05) is 5.38 Å². The van der Waals surface area contributed by atoms with Crippen molar-refractivity contribution >= 4 is 34.0 Å². The van der Waals surface area contributed by atoms with Crippen LogP contribution in [0.25, 0.3) is 0 Å². The van der Waals surface area contributed by atoms with Crippen LogP contribution in [0.1, 0.15) is 36.4 Å². The standard InChI is InChI=1S/C18H19FN4O2S/c19-11-3-4-13-14(8-16(24)22-15(13)7-11)17(25)20-9-12-10-26-18(21-12)23-5-1-2-6-23/h3-4,7,10,14H,1-2,5-6,8-9H2,(H,20,25)(H,22,24). The summed E-state index contributed by atoms with van der Waals surface area (Å²) in [5.41, 5.74) is 1.82. The molecule has 1 saturated heterocycles. The third kappa shape index (κ3) is 3.41. The van der Waals surface area contributed by atoms with Crippen molar-refractivity contribution in [1.82, 2.24) is 10.3 Å². The Labute approximate surface area is 154 Å². The highest BCUT2D eigenvalue weighted by Gasteiger charge is 2.31. The first-order valence-corrected chi connectivity index (χ1v) is 9.54. The highest BCUT2D eigenvalue weighted by molar-refractivity contribution is 7.13. The summed E-state index contributed by atoms with van der Waals surface area (Å²) in [5, 5.41) is 8.42. The maximum Gasteiger partial charge on any atom is 0.228 e. The number of benzene rings is 1. The quantitative estimate of drug-likeness (QED) is 0.863. The smallest absolute Gasteiger partial charge is 0.228 e. The SMILES string of the molecule is O=C1CC(C(=O)NCc2csc(N3CCCC3)n2)c2ccc(F)cc2N1. The Morgan fingerprint density at radius 3 is 3.00 bits per heavy atom. The Balaban J connectivity index is 1.43. The normalized spacial score (nSPS) is 19.2. The Bertz CT molecular complexity index is 847. The molecule has 0 spiro atoms. The van der Waals surface area contributed by atoms with Crippen LogP contribution in [0.3, 0.4) is 0 Å². The lowest BCUT2D eigenvalue weighted by Gasteiger charge is -2.24. The van der Waals surface area contributed by atoms with Crippen LogP contribution < -0.4 is 15.5 Å². The van der Waals surface area contributed by atoms with E-state index >= 15 is 0 Å². The van der Waals surface area contributed by atoms with Crippen LogP contribution in [0.15, 0.2) is 23.6 Å². The van der Waals surface area contributed by atoms with Crippen molar-refractivity contribution in [1.29, 1.82) is 0 Å². The summed E-state index contributed by atoms with van der Waals surface area (Å²) >= 11 is 1.58. The Morgan fingerprint density at radius 2 is 2.19 bits per heavy atom. The fourth-order valence-electron chi connectivity index (χ4n) is 3.40. The van der Waals surface area contributed by atoms with Crippen LogP contribution in [-0.2, 0) is 16.1 Å². The first-order chi connectivity index (χ1) is 12.6. The number of nitrogens with zero attached hydrogens (tertiary/aromatic N) is 2. The van der Waals surface area contributed by atoms with Gasteiger partial charge in [0.05, 0.1) is 18.2 Å². The molecule has 1 aromatic carbocycles. The number of nitrogens with one attached hydrogen (secondary N) is 2. The van der Waals surface area contributed by atoms with Gasteiger partial charge in [-0.3, -0.25) is 9.59 Å². The van der Waals surface area contributed by atoms with E-state index < -0.39 is 11.7 Å². The second kappa shape index (κ2) is 7.03. The number of amides is 2. The number of halogens is 1. The van der Waals surface area contributed by atoms with Crippen molar-refractivity contribution in [2.45, 2.75) is 31.7 Å². The summed E-state index contributed by atoms with van der Waals surface area (Å²) in [6, 6.07) is 4.11. The van der Waals surface area contributed by atoms with Crippen molar-refractivity contribution < 1.29 is 14.0 Å². The van der Waals surface area contributed by atoms with Gasteiger partial charge < -0.3 is 15.5 Å². The van der Waals surface area contributed by atoms with Gasteiger partial charge in [0.1, 0.15) is 5.82 Å². The number of carbonyl (C=O) groups is 2. The molecule has 2 aliphatic rings. The highest BCUT2D eigenvalue weighted by Crippen LogP contribution is 2.33. The summed E-state index contributed by atoms with van der Waals surface area (Å²) < 4.78 is 13.4. The molecule has 136 valence electrons. The first-order valence-electron chi connectivity index (χ1n) is 8.66. The second-order valence-electron chi connectivity index (χ2n) is 6.57. The predicted molar refractivity (Wildman–Crippen MR) is 97.8 cm³/mol. The average molecular weight is 374 g/mol. The van der Waals surface area contributed by atoms with E-state index in [1.165, 1.54) is 25.0 Å². The lowest BCUT2D eigenvalue weighted by Crippen LogP contribution is -2.34. The van der Waals surface area contributed by atoms with Gasteiger partial charge in [0.15, 0.2) is 5.13 Å². The molecule has 0 radical (unpaired) electrons. The molecule has 2 amide bonds. The van der Waals surface area contributed by atoms with Crippen molar-refractivity contribution in [2.75, 3.05) is 23.3 Å². The van der Waals surface area contributed by atoms with Crippen molar-refractivity contribution in [3.05, 3.63) is 40.7 Å². The minimum atomic E-state index is -0.615. The zero-order valence-electron chi connectivity index (χ0n) is 14.1. The molecule has 2 aliphatic heterocycles. The van der Waals surface area contributed by atoms with Crippen LogP contribution in [0.5, 0.6) is 0 Å². The number of carbonyl (C=O) groups excluding carboxylic acids is 2. The average Bonchev–Trinajstić information content (AvgIpc) is 3.29. The molecule has 1 atom stereocenters. The van der Waals surface area contributed by atoms with Gasteiger partial charge >= 0.3 is 0 Å². The maximum atomic E-state index is 13.4. The molecule has 6 nitrogen and oxygen atoms in total. The topological polar surface area (TPSA) is 74.3 Å². The summed E-state index contributed by atoms with van der Waals surface area (Å²) in [7, 11) is 0. The molecular formula is C18H19FN4O2S. The molecule has 0 aliphatic carbocycles. The van der Waals surface area contributed by atoms with Crippen molar-refractivity contribution in [3.63, 3.8) is 0 Å². The highest BCUT2D eigenvalue weighted by atomic mass is 32.1. The van der Waals surface area contributed by atoms with Gasteiger partial charge in [-0.25, -0.2) is 9.37 Å². The van der Waals surface area contributed by atoms with Gasteiger partial charge in [0.25, 0.3) is 0 Å². The predicted octanol–water partition coefficient (Wildman–Crippen LogP) is 2.62. The van der Waals surface area contributed by atoms with Crippen molar-refractivity contribution in [2.24, 2.45) is 0 Å². The molecule has 1 unspecified atom stereocenters. The van der Waals surface area contributed by atoms with E-state index in [0.717, 1.165) is 23.9 Å². The van der Waals surface area contributed by atoms with Crippen LogP contribution in [0.2, 0.25) is 0 Å². The van der Waals surface area contributed by atoms with Gasteiger partial charge in [0.2, 0.25) is 11.8 Å². The molecule has 0 saturated carbocycles. The number of thiazole rings is 1. The minimum Gasteiger partial charge on any atom is -0.350 e. The number of hydrogen-bond acceptors (Lipinski definition) is 5. The molecule has 0 bridgehead atoms. The fourth-order valence-corrected chi connectivity index (χ4v) is 4.28. The Hall–Kier alpha value is -2.48. The van der Waals surface area contributed by atoms with Crippen LogP contribution >= 0.6 is 11.3 Å². The summed E-state index contributed by atoms with van der Waals surface area (Å²) in [5.74, 6) is -1.59. The van der Waals surface area contributed by atoms with Gasteiger partial charge in [-0.1, -0.05) is 6.07 Å². The fraction of sp³-hybridized carbons (Fsp3) is 0.389. The van der Waals surface area contributed by atoms with Crippen molar-refractivity contribution in [3.8, 4) is 0 Å². The molecule has 1 aromatic heterocycles. The third-order valence-electron chi connectivity index (χ3n) is 4.73. The second-order valence-corrected chi connectivity index (χ2v) is 7.41. The molecule has 8 heteroatoms. The van der Waals surface area contributed by atoms with E-state index in [-0.39, 0.29) is 18.2 Å². The number of aromatic nitrogens is 1. The Kier molecular flexibility index (Phi) is 4.58. The largest absolute Gasteiger partial charge is 0.350 e. The number of fused-ring (bicyclic) bond motifs is 1. The van der Waals surface area contributed by atoms with Gasteiger partial charge in [0, 0.05) is 30.6 Å². The molecule has 2 N–H and O–H groups in total. The molecule has 3 heterocycles. The Morgan fingerprint density at radius 1 is 1.38 bits per heavy atom. The molecule has 4 rings (SSSR count). The minimum absolute atomic E-state index is 0.0561. The monoisotopic (exact) mass is 374 g/mol. The van der Waals surface area contributed by atoms with Gasteiger partial charge in [-0.05, 0) is 30.5 Å². The van der Waals surface area contributed by atoms with E-state index in [9.17, 15) is 14.0 Å². The molecule has 1 fully saturated rings. The lowest BCUT2D eigenvalue weighted by molar-refractivity contribution is -0.126. The zero-order valence-corrected chi connectivity index (χ0v) is 14.9. The van der Waals surface area contributed by atoms with E-state index in [2.05, 4.69) is 20.5 Å². The zero-order chi connectivity index (χ0) is 18.1. The van der Waals surface area contributed by atoms with Crippen LogP contribution in [0.4, 0.5) is 15.2 Å². The van der Waals surface area contributed by atoms with Gasteiger partial charge in [-0.15, -0.1) is 11.3 Å². The third-order valence-corrected chi connectivity index (χ3v) is 5.68. The lowest BCUT2D eigenvalue weighted by atomic mass is 9.89. The van der Waals surface area contributed by atoms with Crippen LogP contribution in [-0.4, -0.2) is 29.9 Å². The van der Waals surface area contributed by atoms with E-state index in [1.54, 1.807) is 17.4 Å². The maximum absolute atomic E-state index is 13.4. The molecule has 2 aromatic rings. The van der Waals surface area contributed by atoms with Crippen LogP contribution in [0, 0.1) is 5.82 Å². The number of rotatable bonds is 4. The van der Waals surface area contributed by atoms with Gasteiger partial charge in [-0.2, -0.15) is 0 Å². The summed E-state index contributed by atoms with van der Waals surface area (Å²) in [6.07, 6.45) is 2.44. The summed E-state index contributed by atoms with van der Waals surface area (Å²) in [4.78, 5) is 31.3. The first kappa shape index (κ1) is 17.0. The number of anilines is 2. The van der Waals surface area contributed by atoms with E-state index in [4.69, 9.17) is 0 Å². The molecular weight excluding hydrogens is 355 g/mol. The number of hydrogen-bond donors (Lipinski definition) is 2.